The van der Waals surface area contributed by atoms with E-state index >= 15 is 0 Å². The molecule has 3 nitrogen and oxygen atoms in total. The van der Waals surface area contributed by atoms with Gasteiger partial charge in [0.1, 0.15) is 6.54 Å². The molecule has 0 spiro atoms. The lowest BCUT2D eigenvalue weighted by Crippen LogP contribution is -3.16. The van der Waals surface area contributed by atoms with E-state index in [1.165, 1.54) is 16.0 Å². The summed E-state index contributed by atoms with van der Waals surface area (Å²) in [5, 5.41) is 3.71. The van der Waals surface area contributed by atoms with Crippen molar-refractivity contribution in [1.29, 1.82) is 0 Å². The zero-order valence-corrected chi connectivity index (χ0v) is 14.1. The zero-order valence-electron chi connectivity index (χ0n) is 13.3. The van der Waals surface area contributed by atoms with Crippen molar-refractivity contribution in [2.45, 2.75) is 32.5 Å². The fourth-order valence-electron chi connectivity index (χ4n) is 3.13. The number of hydrogen-bond donors (Lipinski definition) is 2. The molecule has 1 heterocycles. The minimum atomic E-state index is -0.0640. The van der Waals surface area contributed by atoms with Crippen molar-refractivity contribution in [3.8, 4) is 0 Å². The van der Waals surface area contributed by atoms with Crippen molar-refractivity contribution in [2.24, 2.45) is 0 Å². The predicted octanol–water partition coefficient (Wildman–Crippen LogP) is 1.99. The maximum absolute atomic E-state index is 12.5. The summed E-state index contributed by atoms with van der Waals surface area (Å²) >= 11 is 6.14. The quantitative estimate of drug-likeness (QED) is 0.883. The Kier molecular flexibility index (Phi) is 4.99. The Morgan fingerprint density at radius 1 is 1.17 bits per heavy atom. The topological polar surface area (TPSA) is 33.5 Å². The zero-order chi connectivity index (χ0) is 16.2. The number of nitrogens with one attached hydrogen (secondary N) is 2. The number of carbonyl (C=O) groups excluding carboxylic acids is 1. The maximum Gasteiger partial charge on any atom is 0.278 e. The van der Waals surface area contributed by atoms with Crippen molar-refractivity contribution < 1.29 is 9.69 Å². The van der Waals surface area contributed by atoms with E-state index in [-0.39, 0.29) is 11.9 Å². The van der Waals surface area contributed by atoms with Gasteiger partial charge in [-0.1, -0.05) is 54.1 Å². The average Bonchev–Trinajstić information content (AvgIpc) is 2.59. The molecular formula is C19H22ClN2O+. The number of rotatable bonds is 4. The van der Waals surface area contributed by atoms with Crippen LogP contribution in [0.25, 0.3) is 0 Å². The summed E-state index contributed by atoms with van der Waals surface area (Å²) in [5.41, 5.74) is 3.73. The minimum Gasteiger partial charge on any atom is -0.347 e. The third kappa shape index (κ3) is 3.74. The molecule has 0 aliphatic carbocycles. The molecule has 1 aliphatic rings. The van der Waals surface area contributed by atoms with Gasteiger partial charge >= 0.3 is 0 Å². The lowest BCUT2D eigenvalue weighted by Gasteiger charge is -2.30. The van der Waals surface area contributed by atoms with Gasteiger partial charge in [-0.3, -0.25) is 4.79 Å². The third-order valence-corrected chi connectivity index (χ3v) is 5.04. The van der Waals surface area contributed by atoms with Crippen LogP contribution in [0.2, 0.25) is 5.02 Å². The number of halogens is 1. The van der Waals surface area contributed by atoms with Gasteiger partial charge < -0.3 is 10.2 Å². The predicted molar refractivity (Wildman–Crippen MR) is 92.4 cm³/mol. The fraction of sp³-hybridized carbons (Fsp3) is 0.316. The van der Waals surface area contributed by atoms with Gasteiger partial charge in [0.25, 0.3) is 5.91 Å². The number of benzene rings is 2. The molecule has 1 aliphatic heterocycles. The SMILES string of the molecule is C[C@@H](C(=O)NCc1ccccc1Cl)[NH+]1CCc2ccccc2C1. The molecule has 2 atom stereocenters. The molecular weight excluding hydrogens is 308 g/mol. The molecule has 4 heteroatoms. The van der Waals surface area contributed by atoms with Gasteiger partial charge in [0.2, 0.25) is 0 Å². The van der Waals surface area contributed by atoms with Gasteiger partial charge in [0.05, 0.1) is 6.54 Å². The van der Waals surface area contributed by atoms with Crippen molar-refractivity contribution >= 4 is 17.5 Å². The summed E-state index contributed by atoms with van der Waals surface area (Å²) in [6.45, 7) is 4.40. The summed E-state index contributed by atoms with van der Waals surface area (Å²) in [6.07, 6.45) is 1.04. The standard InChI is InChI=1S/C19H21ClN2O/c1-14(19(23)21-12-16-7-4-5-9-18(16)20)22-11-10-15-6-2-3-8-17(15)13-22/h2-9,14H,10-13H2,1H3,(H,21,23)/p+1/t14-/m0/s1. The molecule has 0 saturated heterocycles. The van der Waals surface area contributed by atoms with E-state index in [0.29, 0.717) is 11.6 Å². The van der Waals surface area contributed by atoms with E-state index < -0.39 is 0 Å². The first-order valence-corrected chi connectivity index (χ1v) is 8.45. The second-order valence-electron chi connectivity index (χ2n) is 6.13. The van der Waals surface area contributed by atoms with Crippen molar-refractivity contribution in [3.63, 3.8) is 0 Å². The molecule has 0 saturated carbocycles. The monoisotopic (exact) mass is 329 g/mol. The highest BCUT2D eigenvalue weighted by Crippen LogP contribution is 2.14. The highest BCUT2D eigenvalue weighted by Gasteiger charge is 2.28. The second-order valence-corrected chi connectivity index (χ2v) is 6.54. The summed E-state index contributed by atoms with van der Waals surface area (Å²) < 4.78 is 0. The van der Waals surface area contributed by atoms with E-state index in [4.69, 9.17) is 11.6 Å². The number of hydrogen-bond acceptors (Lipinski definition) is 1. The van der Waals surface area contributed by atoms with E-state index in [1.807, 2.05) is 31.2 Å². The van der Waals surface area contributed by atoms with E-state index in [0.717, 1.165) is 25.1 Å². The Balaban J connectivity index is 1.59. The van der Waals surface area contributed by atoms with Gasteiger partial charge in [0.15, 0.2) is 6.04 Å². The largest absolute Gasteiger partial charge is 0.347 e. The third-order valence-electron chi connectivity index (χ3n) is 4.67. The van der Waals surface area contributed by atoms with Crippen molar-refractivity contribution in [2.75, 3.05) is 6.54 Å². The minimum absolute atomic E-state index is 0.0640. The Morgan fingerprint density at radius 3 is 2.65 bits per heavy atom. The summed E-state index contributed by atoms with van der Waals surface area (Å²) in [7, 11) is 0. The van der Waals surface area contributed by atoms with Gasteiger partial charge in [0, 0.05) is 23.6 Å². The second kappa shape index (κ2) is 7.16. The number of quaternary nitrogens is 1. The molecule has 0 fully saturated rings. The van der Waals surface area contributed by atoms with Crippen LogP contribution in [0.1, 0.15) is 23.6 Å². The van der Waals surface area contributed by atoms with Crippen LogP contribution in [0.4, 0.5) is 0 Å². The molecule has 3 rings (SSSR count). The van der Waals surface area contributed by atoms with E-state index in [1.54, 1.807) is 0 Å². The molecule has 0 bridgehead atoms. The van der Waals surface area contributed by atoms with Crippen LogP contribution in [-0.4, -0.2) is 18.5 Å². The maximum atomic E-state index is 12.5. The van der Waals surface area contributed by atoms with Gasteiger partial charge in [-0.15, -0.1) is 0 Å². The molecule has 120 valence electrons. The van der Waals surface area contributed by atoms with Crippen molar-refractivity contribution in [3.05, 3.63) is 70.2 Å². The molecule has 0 radical (unpaired) electrons. The fourth-order valence-corrected chi connectivity index (χ4v) is 3.34. The number of carbonyl (C=O) groups is 1. The Labute approximate surface area is 142 Å². The number of fused-ring (bicyclic) bond motifs is 1. The summed E-state index contributed by atoms with van der Waals surface area (Å²) in [6, 6.07) is 16.1. The molecule has 2 N–H and O–H groups in total. The van der Waals surface area contributed by atoms with Crippen LogP contribution >= 0.6 is 11.6 Å². The molecule has 2 aromatic rings. The molecule has 1 amide bonds. The van der Waals surface area contributed by atoms with Crippen LogP contribution in [-0.2, 0) is 24.3 Å². The highest BCUT2D eigenvalue weighted by molar-refractivity contribution is 6.31. The van der Waals surface area contributed by atoms with Crippen LogP contribution in [0.15, 0.2) is 48.5 Å². The van der Waals surface area contributed by atoms with Crippen molar-refractivity contribution in [1.82, 2.24) is 5.32 Å². The molecule has 23 heavy (non-hydrogen) atoms. The Morgan fingerprint density at radius 2 is 1.87 bits per heavy atom. The van der Waals surface area contributed by atoms with Crippen LogP contribution in [0.3, 0.4) is 0 Å². The highest BCUT2D eigenvalue weighted by atomic mass is 35.5. The smallest absolute Gasteiger partial charge is 0.278 e. The lowest BCUT2D eigenvalue weighted by atomic mass is 9.99. The summed E-state index contributed by atoms with van der Waals surface area (Å²) in [5.74, 6) is 0.0827. The Bertz CT molecular complexity index is 701. The molecule has 1 unspecified atom stereocenters. The van der Waals surface area contributed by atoms with E-state index in [2.05, 4.69) is 29.6 Å². The van der Waals surface area contributed by atoms with Crippen LogP contribution < -0.4 is 10.2 Å². The van der Waals surface area contributed by atoms with Gasteiger partial charge in [-0.25, -0.2) is 0 Å². The lowest BCUT2D eigenvalue weighted by molar-refractivity contribution is -0.929. The Hall–Kier alpha value is -1.84. The van der Waals surface area contributed by atoms with Gasteiger partial charge in [-0.2, -0.15) is 0 Å². The molecule has 2 aromatic carbocycles. The number of amides is 1. The van der Waals surface area contributed by atoms with Crippen LogP contribution in [0.5, 0.6) is 0 Å². The average molecular weight is 330 g/mol. The van der Waals surface area contributed by atoms with E-state index in [9.17, 15) is 4.79 Å². The van der Waals surface area contributed by atoms with Crippen LogP contribution in [0, 0.1) is 0 Å². The first kappa shape index (κ1) is 16.0. The summed E-state index contributed by atoms with van der Waals surface area (Å²) in [4.78, 5) is 13.8. The first-order chi connectivity index (χ1) is 11.1. The molecule has 0 aromatic heterocycles. The first-order valence-electron chi connectivity index (χ1n) is 8.07. The normalized spacial score (nSPS) is 18.1. The van der Waals surface area contributed by atoms with Gasteiger partial charge in [-0.05, 0) is 24.1 Å².